The summed E-state index contributed by atoms with van der Waals surface area (Å²) in [5, 5.41) is 9.09. The molecule has 2 rings (SSSR count). The number of nitrogens with zero attached hydrogens (tertiary/aromatic N) is 2. The SMILES string of the molecule is COc1cccc(-c2nc(C)c(C(=O)O)c(C)n2)c1. The molecule has 0 aliphatic carbocycles. The van der Waals surface area contributed by atoms with Crippen molar-refractivity contribution in [3.8, 4) is 17.1 Å². The lowest BCUT2D eigenvalue weighted by molar-refractivity contribution is 0.0694. The number of benzene rings is 1. The molecule has 98 valence electrons. The van der Waals surface area contributed by atoms with Crippen LogP contribution < -0.4 is 4.74 Å². The first kappa shape index (κ1) is 13.0. The first-order valence-corrected chi connectivity index (χ1v) is 5.76. The molecule has 0 saturated carbocycles. The zero-order chi connectivity index (χ0) is 14.0. The summed E-state index contributed by atoms with van der Waals surface area (Å²) in [6, 6.07) is 7.34. The summed E-state index contributed by atoms with van der Waals surface area (Å²) in [7, 11) is 1.59. The van der Waals surface area contributed by atoms with Crippen LogP contribution >= 0.6 is 0 Å². The van der Waals surface area contributed by atoms with E-state index in [1.807, 2.05) is 24.3 Å². The number of hydrogen-bond acceptors (Lipinski definition) is 4. The molecule has 5 heteroatoms. The van der Waals surface area contributed by atoms with Gasteiger partial charge in [0.1, 0.15) is 11.3 Å². The lowest BCUT2D eigenvalue weighted by atomic mass is 10.1. The Bertz CT molecular complexity index is 615. The normalized spacial score (nSPS) is 10.3. The van der Waals surface area contributed by atoms with E-state index in [4.69, 9.17) is 9.84 Å². The Hall–Kier alpha value is -2.43. The molecular formula is C14H14N2O3. The van der Waals surface area contributed by atoms with Crippen molar-refractivity contribution in [2.45, 2.75) is 13.8 Å². The molecule has 0 aliphatic rings. The highest BCUT2D eigenvalue weighted by atomic mass is 16.5. The smallest absolute Gasteiger partial charge is 0.339 e. The second-order valence-electron chi connectivity index (χ2n) is 4.13. The number of ether oxygens (including phenoxy) is 1. The van der Waals surface area contributed by atoms with Gasteiger partial charge < -0.3 is 9.84 Å². The maximum Gasteiger partial charge on any atom is 0.339 e. The molecule has 0 aliphatic heterocycles. The van der Waals surface area contributed by atoms with E-state index in [0.717, 1.165) is 5.56 Å². The van der Waals surface area contributed by atoms with Gasteiger partial charge in [0.25, 0.3) is 0 Å². The first-order valence-electron chi connectivity index (χ1n) is 5.76. The first-order chi connectivity index (χ1) is 9.02. The number of aromatic nitrogens is 2. The summed E-state index contributed by atoms with van der Waals surface area (Å²) in [5.74, 6) is 0.199. The molecule has 0 bridgehead atoms. The minimum atomic E-state index is -1.01. The van der Waals surface area contributed by atoms with Crippen LogP contribution in [0.2, 0.25) is 0 Å². The van der Waals surface area contributed by atoms with Gasteiger partial charge in [-0.2, -0.15) is 0 Å². The van der Waals surface area contributed by atoms with Gasteiger partial charge in [0.05, 0.1) is 18.5 Å². The molecule has 0 amide bonds. The molecule has 0 spiro atoms. The molecular weight excluding hydrogens is 244 g/mol. The van der Waals surface area contributed by atoms with Crippen LogP contribution in [0.1, 0.15) is 21.7 Å². The quantitative estimate of drug-likeness (QED) is 0.915. The number of aromatic carboxylic acids is 1. The minimum absolute atomic E-state index is 0.159. The molecule has 0 atom stereocenters. The maximum absolute atomic E-state index is 11.1. The Morgan fingerprint density at radius 2 is 1.84 bits per heavy atom. The Kier molecular flexibility index (Phi) is 3.46. The van der Waals surface area contributed by atoms with Crippen molar-refractivity contribution in [1.82, 2.24) is 9.97 Å². The summed E-state index contributed by atoms with van der Waals surface area (Å²) >= 11 is 0. The highest BCUT2D eigenvalue weighted by Crippen LogP contribution is 2.22. The van der Waals surface area contributed by atoms with Gasteiger partial charge in [-0.1, -0.05) is 12.1 Å². The van der Waals surface area contributed by atoms with E-state index < -0.39 is 5.97 Å². The summed E-state index contributed by atoms with van der Waals surface area (Å²) in [6.45, 7) is 3.34. The molecule has 0 saturated heterocycles. The number of rotatable bonds is 3. The Balaban J connectivity index is 2.55. The van der Waals surface area contributed by atoms with Crippen LogP contribution in [0.25, 0.3) is 11.4 Å². The van der Waals surface area contributed by atoms with Crippen molar-refractivity contribution < 1.29 is 14.6 Å². The average Bonchev–Trinajstić information content (AvgIpc) is 2.37. The zero-order valence-electron chi connectivity index (χ0n) is 11.0. The van der Waals surface area contributed by atoms with Gasteiger partial charge in [0.15, 0.2) is 5.82 Å². The highest BCUT2D eigenvalue weighted by molar-refractivity contribution is 5.90. The predicted octanol–water partition coefficient (Wildman–Crippen LogP) is 2.47. The molecule has 1 aromatic carbocycles. The Morgan fingerprint density at radius 1 is 1.21 bits per heavy atom. The average molecular weight is 258 g/mol. The van der Waals surface area contributed by atoms with Crippen molar-refractivity contribution in [2.24, 2.45) is 0 Å². The van der Waals surface area contributed by atoms with E-state index in [9.17, 15) is 4.79 Å². The molecule has 0 fully saturated rings. The largest absolute Gasteiger partial charge is 0.497 e. The van der Waals surface area contributed by atoms with Gasteiger partial charge in [-0.25, -0.2) is 14.8 Å². The second-order valence-corrected chi connectivity index (χ2v) is 4.13. The lowest BCUT2D eigenvalue weighted by Gasteiger charge is -2.08. The Morgan fingerprint density at radius 3 is 2.37 bits per heavy atom. The lowest BCUT2D eigenvalue weighted by Crippen LogP contribution is -2.08. The minimum Gasteiger partial charge on any atom is -0.497 e. The van der Waals surface area contributed by atoms with Crippen LogP contribution in [-0.4, -0.2) is 28.2 Å². The third kappa shape index (κ3) is 2.54. The molecule has 0 radical (unpaired) electrons. The number of hydrogen-bond donors (Lipinski definition) is 1. The van der Waals surface area contributed by atoms with Crippen LogP contribution in [0.15, 0.2) is 24.3 Å². The standard InChI is InChI=1S/C14H14N2O3/c1-8-12(14(17)18)9(2)16-13(15-8)10-5-4-6-11(7-10)19-3/h4-7H,1-3H3,(H,17,18). The fourth-order valence-electron chi connectivity index (χ4n) is 1.92. The fraction of sp³-hybridized carbons (Fsp3) is 0.214. The van der Waals surface area contributed by atoms with Crippen LogP contribution in [0.3, 0.4) is 0 Å². The van der Waals surface area contributed by atoms with Crippen LogP contribution in [-0.2, 0) is 0 Å². The van der Waals surface area contributed by atoms with E-state index in [1.54, 1.807) is 21.0 Å². The molecule has 1 N–H and O–H groups in total. The van der Waals surface area contributed by atoms with Crippen LogP contribution in [0.5, 0.6) is 5.75 Å². The molecule has 19 heavy (non-hydrogen) atoms. The maximum atomic E-state index is 11.1. The van der Waals surface area contributed by atoms with Gasteiger partial charge in [0.2, 0.25) is 0 Å². The van der Waals surface area contributed by atoms with Crippen molar-refractivity contribution in [3.63, 3.8) is 0 Å². The number of aryl methyl sites for hydroxylation is 2. The van der Waals surface area contributed by atoms with Crippen molar-refractivity contribution in [3.05, 3.63) is 41.2 Å². The van der Waals surface area contributed by atoms with E-state index in [-0.39, 0.29) is 5.56 Å². The molecule has 1 heterocycles. The van der Waals surface area contributed by atoms with Crippen LogP contribution in [0, 0.1) is 13.8 Å². The van der Waals surface area contributed by atoms with Gasteiger partial charge in [-0.15, -0.1) is 0 Å². The third-order valence-corrected chi connectivity index (χ3v) is 2.81. The van der Waals surface area contributed by atoms with Gasteiger partial charge in [-0.05, 0) is 26.0 Å². The van der Waals surface area contributed by atoms with E-state index in [1.165, 1.54) is 0 Å². The van der Waals surface area contributed by atoms with Gasteiger partial charge in [-0.3, -0.25) is 0 Å². The summed E-state index contributed by atoms with van der Waals surface area (Å²) in [5.41, 5.74) is 1.87. The van der Waals surface area contributed by atoms with E-state index in [2.05, 4.69) is 9.97 Å². The second kappa shape index (κ2) is 5.06. The van der Waals surface area contributed by atoms with Gasteiger partial charge >= 0.3 is 5.97 Å². The predicted molar refractivity (Wildman–Crippen MR) is 70.5 cm³/mol. The summed E-state index contributed by atoms with van der Waals surface area (Å²) < 4.78 is 5.15. The number of methoxy groups -OCH3 is 1. The van der Waals surface area contributed by atoms with Crippen molar-refractivity contribution >= 4 is 5.97 Å². The van der Waals surface area contributed by atoms with Crippen molar-refractivity contribution in [1.29, 1.82) is 0 Å². The molecule has 1 aromatic heterocycles. The van der Waals surface area contributed by atoms with Crippen LogP contribution in [0.4, 0.5) is 0 Å². The zero-order valence-corrected chi connectivity index (χ0v) is 11.0. The summed E-state index contributed by atoms with van der Waals surface area (Å²) in [4.78, 5) is 19.6. The van der Waals surface area contributed by atoms with Gasteiger partial charge in [0, 0.05) is 5.56 Å². The fourth-order valence-corrected chi connectivity index (χ4v) is 1.92. The van der Waals surface area contributed by atoms with Crippen molar-refractivity contribution in [2.75, 3.05) is 7.11 Å². The third-order valence-electron chi connectivity index (χ3n) is 2.81. The topological polar surface area (TPSA) is 72.3 Å². The molecule has 5 nitrogen and oxygen atoms in total. The Labute approximate surface area is 110 Å². The monoisotopic (exact) mass is 258 g/mol. The molecule has 2 aromatic rings. The number of carboxylic acids is 1. The van der Waals surface area contributed by atoms with E-state index >= 15 is 0 Å². The van der Waals surface area contributed by atoms with E-state index in [0.29, 0.717) is 23.0 Å². The summed E-state index contributed by atoms with van der Waals surface area (Å²) in [6.07, 6.45) is 0. The number of carboxylic acid groups (broad SMARTS) is 1. The number of carbonyl (C=O) groups is 1. The molecule has 0 unspecified atom stereocenters. The highest BCUT2D eigenvalue weighted by Gasteiger charge is 2.15.